The topological polar surface area (TPSA) is 60.1 Å². The summed E-state index contributed by atoms with van der Waals surface area (Å²) in [7, 11) is 0. The molecule has 3 aliphatic rings. The van der Waals surface area contributed by atoms with Gasteiger partial charge in [-0.15, -0.1) is 24.0 Å². The Hall–Kier alpha value is -0.0800. The van der Waals surface area contributed by atoms with Crippen molar-refractivity contribution >= 4 is 29.9 Å². The number of rotatable bonds is 3. The Morgan fingerprint density at radius 3 is 2.91 bits per heavy atom. The molecule has 1 saturated carbocycles. The number of hydrogen-bond donors (Lipinski definition) is 1. The molecule has 3 rings (SSSR count). The van der Waals surface area contributed by atoms with Gasteiger partial charge in [-0.2, -0.15) is 0 Å². The van der Waals surface area contributed by atoms with Crippen LogP contribution in [0, 0.1) is 5.92 Å². The Morgan fingerprint density at radius 2 is 2.27 bits per heavy atom. The molecule has 1 spiro atoms. The van der Waals surface area contributed by atoms with Crippen LogP contribution in [0.25, 0.3) is 0 Å². The maximum absolute atomic E-state index is 6.27. The van der Waals surface area contributed by atoms with Crippen molar-refractivity contribution in [3.8, 4) is 0 Å². The van der Waals surface area contributed by atoms with Gasteiger partial charge in [0.1, 0.15) is 5.60 Å². The summed E-state index contributed by atoms with van der Waals surface area (Å²) in [6, 6.07) is 0.175. The van der Waals surface area contributed by atoms with Crippen LogP contribution < -0.4 is 5.73 Å². The highest BCUT2D eigenvalue weighted by Crippen LogP contribution is 2.47. The zero-order valence-corrected chi connectivity index (χ0v) is 16.1. The molecule has 128 valence electrons. The standard InChI is InChI=1S/C16H29N3O2.HI/c1-3-20-14-10-13(16(14)7-5-9-21-16)18-15(17)19-8-4-6-12(2)11-19;/h12-14H,3-11H2,1-2H3,(H2,17,18);1H. The van der Waals surface area contributed by atoms with E-state index in [1.807, 2.05) is 6.92 Å². The van der Waals surface area contributed by atoms with Crippen molar-refractivity contribution in [1.82, 2.24) is 4.90 Å². The van der Waals surface area contributed by atoms with Crippen molar-refractivity contribution in [3.63, 3.8) is 0 Å². The second-order valence-electron chi connectivity index (χ2n) is 6.78. The smallest absolute Gasteiger partial charge is 0.191 e. The Balaban J connectivity index is 0.00000176. The van der Waals surface area contributed by atoms with E-state index in [4.69, 9.17) is 20.2 Å². The Labute approximate surface area is 151 Å². The van der Waals surface area contributed by atoms with E-state index in [9.17, 15) is 0 Å². The number of ether oxygens (including phenoxy) is 2. The molecule has 0 aromatic carbocycles. The molecule has 4 atom stereocenters. The number of hydrogen-bond acceptors (Lipinski definition) is 3. The summed E-state index contributed by atoms with van der Waals surface area (Å²) in [5.74, 6) is 1.41. The van der Waals surface area contributed by atoms with E-state index in [1.165, 1.54) is 12.8 Å². The highest BCUT2D eigenvalue weighted by Gasteiger charge is 2.59. The van der Waals surface area contributed by atoms with Crippen LogP contribution in [0.2, 0.25) is 0 Å². The van der Waals surface area contributed by atoms with Crippen molar-refractivity contribution < 1.29 is 9.47 Å². The molecule has 0 aromatic heterocycles. The normalized spacial score (nSPS) is 38.7. The highest BCUT2D eigenvalue weighted by molar-refractivity contribution is 14.0. The average Bonchev–Trinajstić information content (AvgIpc) is 2.98. The summed E-state index contributed by atoms with van der Waals surface area (Å²) >= 11 is 0. The second kappa shape index (κ2) is 7.66. The largest absolute Gasteiger partial charge is 0.375 e. The van der Waals surface area contributed by atoms with E-state index >= 15 is 0 Å². The molecule has 2 aliphatic heterocycles. The summed E-state index contributed by atoms with van der Waals surface area (Å²) in [5, 5.41) is 0. The molecule has 0 bridgehead atoms. The molecule has 4 unspecified atom stereocenters. The van der Waals surface area contributed by atoms with E-state index in [1.54, 1.807) is 0 Å². The first kappa shape index (κ1) is 18.3. The number of piperidine rings is 1. The lowest BCUT2D eigenvalue weighted by molar-refractivity contribution is -0.189. The van der Waals surface area contributed by atoms with Gasteiger partial charge in [0.15, 0.2) is 5.96 Å². The summed E-state index contributed by atoms with van der Waals surface area (Å²) in [4.78, 5) is 7.06. The minimum absolute atomic E-state index is 0. The maximum atomic E-state index is 6.27. The molecular weight excluding hydrogens is 393 g/mol. The van der Waals surface area contributed by atoms with Gasteiger partial charge in [0, 0.05) is 32.7 Å². The third kappa shape index (κ3) is 3.38. The van der Waals surface area contributed by atoms with Gasteiger partial charge in [-0.25, -0.2) is 4.99 Å². The van der Waals surface area contributed by atoms with E-state index in [0.29, 0.717) is 11.9 Å². The minimum Gasteiger partial charge on any atom is -0.375 e. The van der Waals surface area contributed by atoms with Gasteiger partial charge in [-0.05, 0) is 38.5 Å². The van der Waals surface area contributed by atoms with Crippen LogP contribution in [0.15, 0.2) is 4.99 Å². The molecule has 2 N–H and O–H groups in total. The minimum atomic E-state index is -0.192. The van der Waals surface area contributed by atoms with Gasteiger partial charge in [0.25, 0.3) is 0 Å². The summed E-state index contributed by atoms with van der Waals surface area (Å²) in [5.41, 5.74) is 6.08. The molecule has 0 amide bonds. The van der Waals surface area contributed by atoms with Crippen molar-refractivity contribution in [3.05, 3.63) is 0 Å². The van der Waals surface area contributed by atoms with Gasteiger partial charge in [-0.3, -0.25) is 0 Å². The van der Waals surface area contributed by atoms with Crippen LogP contribution in [-0.2, 0) is 9.47 Å². The average molecular weight is 423 g/mol. The lowest BCUT2D eigenvalue weighted by Gasteiger charge is -2.50. The number of nitrogens with zero attached hydrogens (tertiary/aromatic N) is 2. The fourth-order valence-corrected chi connectivity index (χ4v) is 4.07. The van der Waals surface area contributed by atoms with Crippen molar-refractivity contribution in [2.24, 2.45) is 16.6 Å². The molecule has 0 radical (unpaired) electrons. The quantitative estimate of drug-likeness (QED) is 0.430. The lowest BCUT2D eigenvalue weighted by Crippen LogP contribution is -2.64. The number of nitrogens with two attached hydrogens (primary N) is 1. The molecular formula is C16H30IN3O2. The molecule has 22 heavy (non-hydrogen) atoms. The maximum Gasteiger partial charge on any atom is 0.191 e. The molecule has 5 nitrogen and oxygen atoms in total. The lowest BCUT2D eigenvalue weighted by atomic mass is 9.70. The van der Waals surface area contributed by atoms with E-state index in [2.05, 4.69) is 11.8 Å². The van der Waals surface area contributed by atoms with E-state index < -0.39 is 0 Å². The summed E-state index contributed by atoms with van der Waals surface area (Å²) < 4.78 is 11.9. The number of halogens is 1. The molecule has 2 heterocycles. The first-order chi connectivity index (χ1) is 10.2. The van der Waals surface area contributed by atoms with Crippen molar-refractivity contribution in [1.29, 1.82) is 0 Å². The van der Waals surface area contributed by atoms with Gasteiger partial charge in [-0.1, -0.05) is 6.92 Å². The Morgan fingerprint density at radius 1 is 1.45 bits per heavy atom. The fraction of sp³-hybridized carbons (Fsp3) is 0.938. The van der Waals surface area contributed by atoms with Crippen LogP contribution in [0.1, 0.15) is 46.0 Å². The number of aliphatic imine (C=N–C) groups is 1. The van der Waals surface area contributed by atoms with Gasteiger partial charge in [0.2, 0.25) is 0 Å². The van der Waals surface area contributed by atoms with Crippen molar-refractivity contribution in [2.45, 2.75) is 63.7 Å². The van der Waals surface area contributed by atoms with Gasteiger partial charge in [0.05, 0.1) is 12.1 Å². The van der Waals surface area contributed by atoms with Gasteiger partial charge >= 0.3 is 0 Å². The predicted octanol–water partition coefficient (Wildman–Crippen LogP) is 2.38. The molecule has 3 fully saturated rings. The van der Waals surface area contributed by atoms with E-state index in [-0.39, 0.29) is 41.7 Å². The summed E-state index contributed by atoms with van der Waals surface area (Å²) in [6.07, 6.45) is 5.81. The molecule has 1 aliphatic carbocycles. The second-order valence-corrected chi connectivity index (χ2v) is 6.78. The number of guanidine groups is 1. The first-order valence-electron chi connectivity index (χ1n) is 8.49. The summed E-state index contributed by atoms with van der Waals surface area (Å²) in [6.45, 7) is 7.97. The predicted molar refractivity (Wildman–Crippen MR) is 98.7 cm³/mol. The van der Waals surface area contributed by atoms with Crippen LogP contribution in [0.3, 0.4) is 0 Å². The monoisotopic (exact) mass is 423 g/mol. The SMILES string of the molecule is CCOC1CC(N=C(N)N2CCCC(C)C2)C12CCCO2.I. The molecule has 0 aromatic rings. The van der Waals surface area contributed by atoms with Crippen LogP contribution in [0.5, 0.6) is 0 Å². The first-order valence-corrected chi connectivity index (χ1v) is 8.49. The number of likely N-dealkylation sites (tertiary alicyclic amines) is 1. The van der Waals surface area contributed by atoms with E-state index in [0.717, 1.165) is 45.6 Å². The Bertz CT molecular complexity index is 399. The van der Waals surface area contributed by atoms with Crippen LogP contribution in [-0.4, -0.2) is 54.9 Å². The molecule has 6 heteroatoms. The van der Waals surface area contributed by atoms with Crippen LogP contribution >= 0.6 is 24.0 Å². The highest BCUT2D eigenvalue weighted by atomic mass is 127. The zero-order valence-electron chi connectivity index (χ0n) is 13.8. The van der Waals surface area contributed by atoms with Crippen molar-refractivity contribution in [2.75, 3.05) is 26.3 Å². The third-order valence-electron chi connectivity index (χ3n) is 5.27. The third-order valence-corrected chi connectivity index (χ3v) is 5.27. The fourth-order valence-electron chi connectivity index (χ4n) is 4.07. The zero-order chi connectivity index (χ0) is 14.9. The van der Waals surface area contributed by atoms with Crippen LogP contribution in [0.4, 0.5) is 0 Å². The Kier molecular flexibility index (Phi) is 6.36. The molecule has 2 saturated heterocycles. The van der Waals surface area contributed by atoms with Gasteiger partial charge < -0.3 is 20.1 Å².